The first-order valence-electron chi connectivity index (χ1n) is 8.89. The van der Waals surface area contributed by atoms with Gasteiger partial charge in [-0.05, 0) is 17.5 Å². The van der Waals surface area contributed by atoms with Gasteiger partial charge in [-0.25, -0.2) is 15.0 Å². The van der Waals surface area contributed by atoms with Gasteiger partial charge in [-0.2, -0.15) is 0 Å². The van der Waals surface area contributed by atoms with Gasteiger partial charge in [0.2, 0.25) is 0 Å². The van der Waals surface area contributed by atoms with Crippen LogP contribution in [-0.2, 0) is 17.8 Å². The maximum Gasteiger partial charge on any atom is 0.320 e. The molecule has 0 bridgehead atoms. The standard InChI is InChI=1S/C21H19N5O2/c22-17(21(27)28)10-14-6-8-16(9-7-14)18-19-20(24-12-23-18)26(13-25-19)11-15-4-2-1-3-5-15/h1-9,12-13,17H,10-11,22H2,(H,27,28)/t17-/m1/s1. The molecule has 7 nitrogen and oxygen atoms in total. The Hall–Kier alpha value is -3.58. The number of aliphatic carboxylic acids is 1. The van der Waals surface area contributed by atoms with Crippen LogP contribution in [0.1, 0.15) is 11.1 Å². The van der Waals surface area contributed by atoms with Crippen LogP contribution in [0, 0.1) is 0 Å². The van der Waals surface area contributed by atoms with E-state index < -0.39 is 12.0 Å². The van der Waals surface area contributed by atoms with Crippen molar-refractivity contribution in [2.45, 2.75) is 19.0 Å². The van der Waals surface area contributed by atoms with E-state index in [1.54, 1.807) is 6.33 Å². The number of benzene rings is 2. The molecule has 2 heterocycles. The summed E-state index contributed by atoms with van der Waals surface area (Å²) in [4.78, 5) is 24.3. The lowest BCUT2D eigenvalue weighted by Crippen LogP contribution is -2.32. The van der Waals surface area contributed by atoms with Crippen LogP contribution < -0.4 is 5.73 Å². The molecule has 3 N–H and O–H groups in total. The first-order chi connectivity index (χ1) is 13.6. The van der Waals surface area contributed by atoms with Crippen molar-refractivity contribution in [3.8, 4) is 11.3 Å². The predicted molar refractivity (Wildman–Crippen MR) is 106 cm³/mol. The maximum atomic E-state index is 10.9. The Bertz CT molecular complexity index is 1110. The van der Waals surface area contributed by atoms with Crippen LogP contribution in [0.2, 0.25) is 0 Å². The molecule has 2 aromatic carbocycles. The largest absolute Gasteiger partial charge is 0.480 e. The Kier molecular flexibility index (Phi) is 4.82. The monoisotopic (exact) mass is 373 g/mol. The van der Waals surface area contributed by atoms with E-state index in [9.17, 15) is 4.79 Å². The number of fused-ring (bicyclic) bond motifs is 1. The third-order valence-corrected chi connectivity index (χ3v) is 4.60. The molecule has 140 valence electrons. The van der Waals surface area contributed by atoms with Gasteiger partial charge >= 0.3 is 5.97 Å². The van der Waals surface area contributed by atoms with Crippen LogP contribution in [-0.4, -0.2) is 36.6 Å². The topological polar surface area (TPSA) is 107 Å². The molecule has 0 aliphatic rings. The first kappa shape index (κ1) is 17.8. The van der Waals surface area contributed by atoms with Crippen LogP contribution in [0.5, 0.6) is 0 Å². The van der Waals surface area contributed by atoms with Crippen LogP contribution in [0.25, 0.3) is 22.4 Å². The molecule has 0 unspecified atom stereocenters. The molecule has 0 spiro atoms. The van der Waals surface area contributed by atoms with Gasteiger partial charge in [-0.3, -0.25) is 4.79 Å². The van der Waals surface area contributed by atoms with Gasteiger partial charge in [0.1, 0.15) is 23.6 Å². The number of hydrogen-bond donors (Lipinski definition) is 2. The average molecular weight is 373 g/mol. The Morgan fingerprint density at radius 1 is 1.00 bits per heavy atom. The van der Waals surface area contributed by atoms with Crippen molar-refractivity contribution in [3.63, 3.8) is 0 Å². The maximum absolute atomic E-state index is 10.9. The van der Waals surface area contributed by atoms with E-state index in [4.69, 9.17) is 10.8 Å². The van der Waals surface area contributed by atoms with Crippen LogP contribution in [0.4, 0.5) is 0 Å². The van der Waals surface area contributed by atoms with Gasteiger partial charge in [-0.1, -0.05) is 54.6 Å². The highest BCUT2D eigenvalue weighted by molar-refractivity contribution is 5.87. The number of carboxylic acids is 1. The number of imidazole rings is 1. The Balaban J connectivity index is 1.63. The smallest absolute Gasteiger partial charge is 0.320 e. The molecule has 4 rings (SSSR count). The van der Waals surface area contributed by atoms with Crippen LogP contribution in [0.3, 0.4) is 0 Å². The van der Waals surface area contributed by atoms with Crippen molar-refractivity contribution in [2.75, 3.05) is 0 Å². The van der Waals surface area contributed by atoms with Crippen molar-refractivity contribution < 1.29 is 9.90 Å². The number of nitrogens with two attached hydrogens (primary N) is 1. The Labute approximate surface area is 161 Å². The fourth-order valence-electron chi connectivity index (χ4n) is 3.13. The van der Waals surface area contributed by atoms with Gasteiger partial charge in [0.05, 0.1) is 12.9 Å². The van der Waals surface area contributed by atoms with Crippen LogP contribution in [0.15, 0.2) is 67.3 Å². The number of aromatic nitrogens is 4. The molecule has 7 heteroatoms. The van der Waals surface area contributed by atoms with E-state index in [0.29, 0.717) is 6.54 Å². The number of rotatable bonds is 6. The number of nitrogens with zero attached hydrogens (tertiary/aromatic N) is 4. The summed E-state index contributed by atoms with van der Waals surface area (Å²) in [5, 5.41) is 8.95. The summed E-state index contributed by atoms with van der Waals surface area (Å²) in [5.41, 5.74) is 10.8. The van der Waals surface area contributed by atoms with E-state index in [-0.39, 0.29) is 6.42 Å². The lowest BCUT2D eigenvalue weighted by Gasteiger charge is -2.08. The summed E-state index contributed by atoms with van der Waals surface area (Å²) in [6.45, 7) is 0.680. The van der Waals surface area contributed by atoms with E-state index >= 15 is 0 Å². The van der Waals surface area contributed by atoms with Crippen molar-refractivity contribution in [3.05, 3.63) is 78.4 Å². The molecule has 0 saturated heterocycles. The first-order valence-corrected chi connectivity index (χ1v) is 8.89. The van der Waals surface area contributed by atoms with Gasteiger partial charge in [0.15, 0.2) is 5.65 Å². The Morgan fingerprint density at radius 3 is 2.46 bits per heavy atom. The quantitative estimate of drug-likeness (QED) is 0.538. The molecule has 0 amide bonds. The molecule has 0 aliphatic heterocycles. The second kappa shape index (κ2) is 7.58. The predicted octanol–water partition coefficient (Wildman–Crippen LogP) is 2.50. The molecule has 28 heavy (non-hydrogen) atoms. The van der Waals surface area contributed by atoms with Gasteiger partial charge < -0.3 is 15.4 Å². The molecule has 0 saturated carbocycles. The second-order valence-corrected chi connectivity index (χ2v) is 6.60. The summed E-state index contributed by atoms with van der Waals surface area (Å²) in [6.07, 6.45) is 3.59. The fourth-order valence-corrected chi connectivity index (χ4v) is 3.13. The van der Waals surface area contributed by atoms with Crippen LogP contribution >= 0.6 is 0 Å². The summed E-state index contributed by atoms with van der Waals surface area (Å²) < 4.78 is 2.00. The summed E-state index contributed by atoms with van der Waals surface area (Å²) in [5.74, 6) is -1.01. The fraction of sp³-hybridized carbons (Fsp3) is 0.143. The molecule has 0 radical (unpaired) electrons. The number of carboxylic acid groups (broad SMARTS) is 1. The summed E-state index contributed by atoms with van der Waals surface area (Å²) >= 11 is 0. The molecule has 2 aromatic heterocycles. The van der Waals surface area contributed by atoms with Crippen molar-refractivity contribution in [1.29, 1.82) is 0 Å². The molecular weight excluding hydrogens is 354 g/mol. The third kappa shape index (κ3) is 3.60. The molecular formula is C21H19N5O2. The van der Waals surface area contributed by atoms with Gasteiger partial charge in [0, 0.05) is 5.56 Å². The zero-order valence-corrected chi connectivity index (χ0v) is 15.1. The van der Waals surface area contributed by atoms with Crippen molar-refractivity contribution in [1.82, 2.24) is 19.5 Å². The SMILES string of the molecule is N[C@H](Cc1ccc(-c2ncnc3c2ncn3Cc2ccccc2)cc1)C(=O)O. The lowest BCUT2D eigenvalue weighted by atomic mass is 10.0. The van der Waals surface area contributed by atoms with E-state index in [2.05, 4.69) is 27.1 Å². The average Bonchev–Trinajstić information content (AvgIpc) is 3.12. The van der Waals surface area contributed by atoms with Gasteiger partial charge in [-0.15, -0.1) is 0 Å². The summed E-state index contributed by atoms with van der Waals surface area (Å²) in [6, 6.07) is 16.8. The van der Waals surface area contributed by atoms with Gasteiger partial charge in [0.25, 0.3) is 0 Å². The second-order valence-electron chi connectivity index (χ2n) is 6.60. The number of hydrogen-bond acceptors (Lipinski definition) is 5. The minimum atomic E-state index is -1.01. The number of carbonyl (C=O) groups is 1. The zero-order valence-electron chi connectivity index (χ0n) is 15.1. The highest BCUT2D eigenvalue weighted by atomic mass is 16.4. The molecule has 0 fully saturated rings. The highest BCUT2D eigenvalue weighted by Gasteiger charge is 2.14. The highest BCUT2D eigenvalue weighted by Crippen LogP contribution is 2.25. The van der Waals surface area contributed by atoms with E-state index in [1.165, 1.54) is 11.9 Å². The van der Waals surface area contributed by atoms with E-state index in [1.807, 2.05) is 47.0 Å². The van der Waals surface area contributed by atoms with Crippen molar-refractivity contribution >= 4 is 17.1 Å². The normalized spacial score (nSPS) is 12.2. The Morgan fingerprint density at radius 2 is 1.75 bits per heavy atom. The van der Waals surface area contributed by atoms with Crippen molar-refractivity contribution in [2.24, 2.45) is 5.73 Å². The molecule has 4 aromatic rings. The lowest BCUT2D eigenvalue weighted by molar-refractivity contribution is -0.138. The summed E-state index contributed by atoms with van der Waals surface area (Å²) in [7, 11) is 0. The molecule has 1 atom stereocenters. The minimum Gasteiger partial charge on any atom is -0.480 e. The minimum absolute atomic E-state index is 0.278. The molecule has 0 aliphatic carbocycles. The third-order valence-electron chi connectivity index (χ3n) is 4.60. The zero-order chi connectivity index (χ0) is 19.5. The van der Waals surface area contributed by atoms with E-state index in [0.717, 1.165) is 28.0 Å².